The number of aromatic nitrogens is 4. The summed E-state index contributed by atoms with van der Waals surface area (Å²) in [4.78, 5) is 32.0. The van der Waals surface area contributed by atoms with E-state index in [9.17, 15) is 4.79 Å². The maximum Gasteiger partial charge on any atom is 0.254 e. The van der Waals surface area contributed by atoms with Gasteiger partial charge in [-0.05, 0) is 51.1 Å². The number of hydrogen-bond donors (Lipinski definition) is 2. The molecule has 1 saturated heterocycles. The zero-order valence-electron chi connectivity index (χ0n) is 16.0. The van der Waals surface area contributed by atoms with E-state index in [1.165, 1.54) is 0 Å². The van der Waals surface area contributed by atoms with Crippen LogP contribution in [0.15, 0.2) is 24.4 Å². The van der Waals surface area contributed by atoms with Gasteiger partial charge in [0.2, 0.25) is 0 Å². The van der Waals surface area contributed by atoms with Gasteiger partial charge >= 0.3 is 0 Å². The van der Waals surface area contributed by atoms with Crippen LogP contribution in [0, 0.1) is 6.92 Å². The summed E-state index contributed by atoms with van der Waals surface area (Å²) in [5.74, 6) is 2.33. The molecule has 0 atom stereocenters. The monoisotopic (exact) mass is 376 g/mol. The molecule has 2 aliphatic heterocycles. The van der Waals surface area contributed by atoms with Gasteiger partial charge in [0.25, 0.3) is 5.91 Å². The van der Waals surface area contributed by atoms with Crippen LogP contribution in [0.4, 0.5) is 0 Å². The summed E-state index contributed by atoms with van der Waals surface area (Å²) in [5, 5.41) is 3.39. The quantitative estimate of drug-likeness (QED) is 0.717. The maximum absolute atomic E-state index is 13.0. The highest BCUT2D eigenvalue weighted by atomic mass is 16.2. The van der Waals surface area contributed by atoms with Gasteiger partial charge in [0, 0.05) is 42.8 Å². The molecule has 7 nitrogen and oxygen atoms in total. The lowest BCUT2D eigenvalue weighted by molar-refractivity contribution is 0.0733. The molecule has 2 aliphatic rings. The summed E-state index contributed by atoms with van der Waals surface area (Å²) < 4.78 is 0. The van der Waals surface area contributed by atoms with Crippen LogP contribution < -0.4 is 5.32 Å². The fourth-order valence-corrected chi connectivity index (χ4v) is 4.23. The number of H-pyrrole nitrogens is 1. The third-order valence-electron chi connectivity index (χ3n) is 5.79. The van der Waals surface area contributed by atoms with Crippen molar-refractivity contribution in [3.63, 3.8) is 0 Å². The predicted molar refractivity (Wildman–Crippen MR) is 106 cm³/mol. The molecule has 28 heavy (non-hydrogen) atoms. The normalized spacial score (nSPS) is 17.7. The summed E-state index contributed by atoms with van der Waals surface area (Å²) in [6.07, 6.45) is 4.91. The topological polar surface area (TPSA) is 86.8 Å². The van der Waals surface area contributed by atoms with Crippen LogP contribution in [0.5, 0.6) is 0 Å². The van der Waals surface area contributed by atoms with E-state index in [2.05, 4.69) is 20.3 Å². The fraction of sp³-hybridized carbons (Fsp3) is 0.429. The maximum atomic E-state index is 13.0. The fourth-order valence-electron chi connectivity index (χ4n) is 4.23. The molecule has 0 saturated carbocycles. The van der Waals surface area contributed by atoms with Gasteiger partial charge in [-0.15, -0.1) is 0 Å². The first kappa shape index (κ1) is 17.3. The van der Waals surface area contributed by atoms with Crippen LogP contribution in [-0.2, 0) is 13.0 Å². The van der Waals surface area contributed by atoms with Crippen LogP contribution in [0.1, 0.15) is 52.0 Å². The molecular formula is C21H24N6O. The summed E-state index contributed by atoms with van der Waals surface area (Å²) in [6.45, 7) is 5.25. The van der Waals surface area contributed by atoms with E-state index in [1.54, 1.807) is 0 Å². The lowest BCUT2D eigenvalue weighted by atomic mass is 9.96. The van der Waals surface area contributed by atoms with Gasteiger partial charge in [-0.25, -0.2) is 15.0 Å². The van der Waals surface area contributed by atoms with Gasteiger partial charge in [0.1, 0.15) is 11.6 Å². The standard InChI is InChI=1S/C21H24N6O/c1-13-24-18-3-2-15(10-19(18)25-13)21(28)27-9-6-17-16(12-27)11-23-20(26-17)14-4-7-22-8-5-14/h2-3,10-11,14,22H,4-9,12H2,1H3,(H,24,25). The van der Waals surface area contributed by atoms with Crippen molar-refractivity contribution < 1.29 is 4.79 Å². The molecule has 2 aromatic heterocycles. The van der Waals surface area contributed by atoms with Crippen molar-refractivity contribution in [1.82, 2.24) is 30.2 Å². The van der Waals surface area contributed by atoms with Crippen molar-refractivity contribution in [2.75, 3.05) is 19.6 Å². The van der Waals surface area contributed by atoms with Crippen molar-refractivity contribution in [3.05, 3.63) is 52.9 Å². The van der Waals surface area contributed by atoms with E-state index in [1.807, 2.05) is 36.2 Å². The number of aryl methyl sites for hydroxylation is 1. The second-order valence-corrected chi connectivity index (χ2v) is 7.76. The second-order valence-electron chi connectivity index (χ2n) is 7.76. The molecule has 1 fully saturated rings. The molecule has 2 N–H and O–H groups in total. The van der Waals surface area contributed by atoms with Crippen molar-refractivity contribution in [2.45, 2.75) is 38.6 Å². The number of imidazole rings is 1. The molecular weight excluding hydrogens is 352 g/mol. The molecule has 0 unspecified atom stereocenters. The Morgan fingerprint density at radius 2 is 2.07 bits per heavy atom. The van der Waals surface area contributed by atoms with Crippen LogP contribution >= 0.6 is 0 Å². The average Bonchev–Trinajstić information content (AvgIpc) is 3.12. The smallest absolute Gasteiger partial charge is 0.254 e. The number of rotatable bonds is 2. The zero-order chi connectivity index (χ0) is 19.1. The Morgan fingerprint density at radius 1 is 1.21 bits per heavy atom. The number of nitrogens with one attached hydrogen (secondary N) is 2. The Labute approximate surface area is 163 Å². The van der Waals surface area contributed by atoms with Crippen LogP contribution in [0.25, 0.3) is 11.0 Å². The lowest BCUT2D eigenvalue weighted by Gasteiger charge is -2.29. The number of piperidine rings is 1. The molecule has 3 aromatic rings. The highest BCUT2D eigenvalue weighted by molar-refractivity contribution is 5.97. The highest BCUT2D eigenvalue weighted by Gasteiger charge is 2.25. The van der Waals surface area contributed by atoms with Gasteiger partial charge in [-0.3, -0.25) is 4.79 Å². The molecule has 1 amide bonds. The number of amides is 1. The van der Waals surface area contributed by atoms with E-state index in [0.717, 1.165) is 66.3 Å². The molecule has 0 radical (unpaired) electrons. The van der Waals surface area contributed by atoms with E-state index in [4.69, 9.17) is 4.98 Å². The molecule has 144 valence electrons. The highest BCUT2D eigenvalue weighted by Crippen LogP contribution is 2.25. The second kappa shape index (κ2) is 6.98. The van der Waals surface area contributed by atoms with E-state index in [-0.39, 0.29) is 5.91 Å². The van der Waals surface area contributed by atoms with Gasteiger partial charge in [-0.1, -0.05) is 0 Å². The molecule has 4 heterocycles. The number of carbonyl (C=O) groups excluding carboxylic acids is 1. The number of aromatic amines is 1. The third kappa shape index (κ3) is 3.16. The molecule has 7 heteroatoms. The van der Waals surface area contributed by atoms with E-state index < -0.39 is 0 Å². The van der Waals surface area contributed by atoms with Gasteiger partial charge < -0.3 is 15.2 Å². The first-order valence-corrected chi connectivity index (χ1v) is 9.98. The van der Waals surface area contributed by atoms with Gasteiger partial charge in [0.05, 0.1) is 16.7 Å². The Kier molecular flexibility index (Phi) is 4.31. The van der Waals surface area contributed by atoms with Gasteiger partial charge in [-0.2, -0.15) is 0 Å². The van der Waals surface area contributed by atoms with E-state index in [0.29, 0.717) is 24.6 Å². The Morgan fingerprint density at radius 3 is 2.93 bits per heavy atom. The summed E-state index contributed by atoms with van der Waals surface area (Å²) in [7, 11) is 0. The van der Waals surface area contributed by atoms with E-state index >= 15 is 0 Å². The van der Waals surface area contributed by atoms with Crippen LogP contribution in [0.2, 0.25) is 0 Å². The Balaban J connectivity index is 1.35. The third-order valence-corrected chi connectivity index (χ3v) is 5.79. The van der Waals surface area contributed by atoms with Crippen molar-refractivity contribution in [3.8, 4) is 0 Å². The number of nitrogens with zero attached hydrogens (tertiary/aromatic N) is 4. The largest absolute Gasteiger partial charge is 0.342 e. The SMILES string of the molecule is Cc1nc2ccc(C(=O)N3CCc4nc(C5CCNCC5)ncc4C3)cc2[nH]1. The zero-order valence-corrected chi connectivity index (χ0v) is 16.0. The van der Waals surface area contributed by atoms with Gasteiger partial charge in [0.15, 0.2) is 0 Å². The van der Waals surface area contributed by atoms with Crippen molar-refractivity contribution in [2.24, 2.45) is 0 Å². The first-order chi connectivity index (χ1) is 13.7. The minimum atomic E-state index is 0.0437. The van der Waals surface area contributed by atoms with Crippen LogP contribution in [-0.4, -0.2) is 50.4 Å². The molecule has 0 spiro atoms. The van der Waals surface area contributed by atoms with Crippen molar-refractivity contribution >= 4 is 16.9 Å². The molecule has 5 rings (SSSR count). The number of carbonyl (C=O) groups is 1. The number of fused-ring (bicyclic) bond motifs is 2. The number of hydrogen-bond acceptors (Lipinski definition) is 5. The molecule has 0 bridgehead atoms. The summed E-state index contributed by atoms with van der Waals surface area (Å²) >= 11 is 0. The van der Waals surface area contributed by atoms with Crippen LogP contribution in [0.3, 0.4) is 0 Å². The molecule has 1 aromatic carbocycles. The Bertz CT molecular complexity index is 1040. The predicted octanol–water partition coefficient (Wildman–Crippen LogP) is 2.33. The van der Waals surface area contributed by atoms with Crippen molar-refractivity contribution in [1.29, 1.82) is 0 Å². The minimum absolute atomic E-state index is 0.0437. The molecule has 0 aliphatic carbocycles. The first-order valence-electron chi connectivity index (χ1n) is 9.98. The number of benzene rings is 1. The Hall–Kier alpha value is -2.80. The average molecular weight is 376 g/mol. The minimum Gasteiger partial charge on any atom is -0.342 e. The summed E-state index contributed by atoms with van der Waals surface area (Å²) in [5.41, 5.74) is 4.64. The summed E-state index contributed by atoms with van der Waals surface area (Å²) in [6, 6.07) is 5.65. The lowest BCUT2D eigenvalue weighted by Crippen LogP contribution is -2.37.